The van der Waals surface area contributed by atoms with E-state index in [1.165, 1.54) is 5.56 Å². The maximum Gasteiger partial charge on any atom is 0.407 e. The maximum atomic E-state index is 11.9. The van der Waals surface area contributed by atoms with Crippen molar-refractivity contribution in [2.24, 2.45) is 4.99 Å². The number of rotatable bonds is 6. The van der Waals surface area contributed by atoms with Gasteiger partial charge in [0.15, 0.2) is 5.96 Å². The fourth-order valence-corrected chi connectivity index (χ4v) is 3.59. The summed E-state index contributed by atoms with van der Waals surface area (Å²) in [7, 11) is 3.49. The normalized spacial score (nSPS) is 19.1. The SMILES string of the molecule is CN=C(NCCc1ccc(C)c(OC)c1)NC1CCC(NC(=O)OC(C)(C)C)CC1.I. The first-order valence-corrected chi connectivity index (χ1v) is 10.8. The van der Waals surface area contributed by atoms with Crippen LogP contribution in [-0.4, -0.2) is 50.4 Å². The minimum absolute atomic E-state index is 0. The highest BCUT2D eigenvalue weighted by Crippen LogP contribution is 2.20. The number of amides is 1. The molecule has 1 aromatic rings. The summed E-state index contributed by atoms with van der Waals surface area (Å²) in [6, 6.07) is 6.84. The second-order valence-electron chi connectivity index (χ2n) is 8.89. The zero-order chi connectivity index (χ0) is 22.1. The van der Waals surface area contributed by atoms with E-state index in [-0.39, 0.29) is 36.1 Å². The van der Waals surface area contributed by atoms with E-state index < -0.39 is 5.60 Å². The molecule has 1 aliphatic carbocycles. The van der Waals surface area contributed by atoms with E-state index in [0.717, 1.165) is 55.9 Å². The molecule has 0 bridgehead atoms. The highest BCUT2D eigenvalue weighted by Gasteiger charge is 2.25. The van der Waals surface area contributed by atoms with Gasteiger partial charge in [-0.15, -0.1) is 24.0 Å². The summed E-state index contributed by atoms with van der Waals surface area (Å²) in [5.41, 5.74) is 1.91. The topological polar surface area (TPSA) is 84.0 Å². The summed E-state index contributed by atoms with van der Waals surface area (Å²) >= 11 is 0. The van der Waals surface area contributed by atoms with Crippen molar-refractivity contribution in [3.05, 3.63) is 29.3 Å². The lowest BCUT2D eigenvalue weighted by Crippen LogP contribution is -2.48. The van der Waals surface area contributed by atoms with Gasteiger partial charge in [0.05, 0.1) is 7.11 Å². The van der Waals surface area contributed by atoms with Crippen LogP contribution in [0.2, 0.25) is 0 Å². The summed E-state index contributed by atoms with van der Waals surface area (Å²) in [6.07, 6.45) is 4.38. The quantitative estimate of drug-likeness (QED) is 0.284. The van der Waals surface area contributed by atoms with Crippen molar-refractivity contribution >= 4 is 36.0 Å². The Morgan fingerprint density at radius 2 is 1.74 bits per heavy atom. The Labute approximate surface area is 204 Å². The van der Waals surface area contributed by atoms with Crippen LogP contribution in [0, 0.1) is 6.92 Å². The van der Waals surface area contributed by atoms with Crippen LogP contribution >= 0.6 is 24.0 Å². The van der Waals surface area contributed by atoms with Crippen LogP contribution in [0.15, 0.2) is 23.2 Å². The van der Waals surface area contributed by atoms with Crippen molar-refractivity contribution in [2.75, 3.05) is 20.7 Å². The Kier molecular flexibility index (Phi) is 11.4. The van der Waals surface area contributed by atoms with E-state index in [4.69, 9.17) is 9.47 Å². The average molecular weight is 546 g/mol. The third-order valence-electron chi connectivity index (χ3n) is 5.19. The van der Waals surface area contributed by atoms with Crippen LogP contribution in [0.1, 0.15) is 57.6 Å². The Balaban J connectivity index is 0.00000480. The van der Waals surface area contributed by atoms with Gasteiger partial charge in [-0.25, -0.2) is 4.79 Å². The van der Waals surface area contributed by atoms with Gasteiger partial charge in [-0.2, -0.15) is 0 Å². The summed E-state index contributed by atoms with van der Waals surface area (Å²) < 4.78 is 10.7. The molecule has 0 atom stereocenters. The third-order valence-corrected chi connectivity index (χ3v) is 5.19. The minimum atomic E-state index is -0.468. The molecule has 8 heteroatoms. The van der Waals surface area contributed by atoms with E-state index in [0.29, 0.717) is 6.04 Å². The van der Waals surface area contributed by atoms with Gasteiger partial charge < -0.3 is 25.4 Å². The number of hydrogen-bond acceptors (Lipinski definition) is 4. The minimum Gasteiger partial charge on any atom is -0.496 e. The summed E-state index contributed by atoms with van der Waals surface area (Å²) in [4.78, 5) is 16.3. The van der Waals surface area contributed by atoms with Crippen molar-refractivity contribution in [1.82, 2.24) is 16.0 Å². The summed E-state index contributed by atoms with van der Waals surface area (Å²) in [6.45, 7) is 8.47. The number of alkyl carbamates (subject to hydrolysis) is 1. The molecule has 31 heavy (non-hydrogen) atoms. The van der Waals surface area contributed by atoms with Gasteiger partial charge >= 0.3 is 6.09 Å². The number of carbonyl (C=O) groups excluding carboxylic acids is 1. The largest absolute Gasteiger partial charge is 0.496 e. The Morgan fingerprint density at radius 3 is 2.29 bits per heavy atom. The van der Waals surface area contributed by atoms with Gasteiger partial charge in [0.1, 0.15) is 11.4 Å². The van der Waals surface area contributed by atoms with E-state index in [1.807, 2.05) is 27.7 Å². The number of aliphatic imine (C=N–C) groups is 1. The number of carbonyl (C=O) groups is 1. The van der Waals surface area contributed by atoms with Crippen LogP contribution in [0.5, 0.6) is 5.75 Å². The fourth-order valence-electron chi connectivity index (χ4n) is 3.59. The lowest BCUT2D eigenvalue weighted by atomic mass is 9.91. The standard InChI is InChI=1S/C23H38N4O3.HI/c1-16-7-8-17(15-20(16)29-6)13-14-25-21(24-5)26-18-9-11-19(12-10-18)27-22(28)30-23(2,3)4;/h7-8,15,18-19H,9-14H2,1-6H3,(H,27,28)(H2,24,25,26);1H. The molecule has 1 aliphatic rings. The molecule has 3 N–H and O–H groups in total. The van der Waals surface area contributed by atoms with Crippen LogP contribution < -0.4 is 20.7 Å². The highest BCUT2D eigenvalue weighted by molar-refractivity contribution is 14.0. The van der Waals surface area contributed by atoms with Gasteiger partial charge in [-0.3, -0.25) is 4.99 Å². The van der Waals surface area contributed by atoms with E-state index in [2.05, 4.69) is 39.1 Å². The number of methoxy groups -OCH3 is 1. The number of benzene rings is 1. The molecule has 1 amide bonds. The number of hydrogen-bond donors (Lipinski definition) is 3. The van der Waals surface area contributed by atoms with E-state index >= 15 is 0 Å². The molecule has 0 spiro atoms. The van der Waals surface area contributed by atoms with Crippen LogP contribution in [-0.2, 0) is 11.2 Å². The molecule has 7 nitrogen and oxygen atoms in total. The summed E-state index contributed by atoms with van der Waals surface area (Å²) in [5, 5.41) is 9.88. The molecular weight excluding hydrogens is 507 g/mol. The first kappa shape index (κ1) is 27.3. The van der Waals surface area contributed by atoms with Crippen LogP contribution in [0.25, 0.3) is 0 Å². The van der Waals surface area contributed by atoms with Gasteiger partial charge in [-0.05, 0) is 77.0 Å². The maximum absolute atomic E-state index is 11.9. The molecular formula is C23H39IN4O3. The molecule has 0 heterocycles. The number of nitrogens with zero attached hydrogens (tertiary/aromatic N) is 1. The second-order valence-corrected chi connectivity index (χ2v) is 8.89. The first-order valence-electron chi connectivity index (χ1n) is 10.8. The molecule has 0 saturated heterocycles. The van der Waals surface area contributed by atoms with Crippen molar-refractivity contribution in [3.8, 4) is 5.75 Å². The van der Waals surface area contributed by atoms with Gasteiger partial charge in [-0.1, -0.05) is 12.1 Å². The molecule has 2 rings (SSSR count). The number of guanidine groups is 1. The molecule has 1 aromatic carbocycles. The monoisotopic (exact) mass is 546 g/mol. The van der Waals surface area contributed by atoms with Gasteiger partial charge in [0.2, 0.25) is 0 Å². The van der Waals surface area contributed by atoms with Crippen LogP contribution in [0.4, 0.5) is 4.79 Å². The first-order chi connectivity index (χ1) is 14.2. The average Bonchev–Trinajstić information content (AvgIpc) is 2.68. The number of aryl methyl sites for hydroxylation is 1. The van der Waals surface area contributed by atoms with Crippen molar-refractivity contribution in [2.45, 2.75) is 77.5 Å². The molecule has 1 fully saturated rings. The fraction of sp³-hybridized carbons (Fsp3) is 0.652. The Bertz CT molecular complexity index is 726. The lowest BCUT2D eigenvalue weighted by Gasteiger charge is -2.31. The van der Waals surface area contributed by atoms with E-state index in [9.17, 15) is 4.79 Å². The van der Waals surface area contributed by atoms with Crippen LogP contribution in [0.3, 0.4) is 0 Å². The van der Waals surface area contributed by atoms with Gasteiger partial charge in [0, 0.05) is 25.7 Å². The molecule has 0 radical (unpaired) electrons. The smallest absolute Gasteiger partial charge is 0.407 e. The third kappa shape index (κ3) is 9.97. The van der Waals surface area contributed by atoms with Crippen molar-refractivity contribution in [1.29, 1.82) is 0 Å². The molecule has 1 saturated carbocycles. The van der Waals surface area contributed by atoms with Crippen molar-refractivity contribution < 1.29 is 14.3 Å². The molecule has 0 aliphatic heterocycles. The predicted molar refractivity (Wildman–Crippen MR) is 137 cm³/mol. The zero-order valence-electron chi connectivity index (χ0n) is 19.7. The summed E-state index contributed by atoms with van der Waals surface area (Å²) in [5.74, 6) is 1.74. The number of nitrogens with one attached hydrogen (secondary N) is 3. The Hall–Kier alpha value is -1.71. The Morgan fingerprint density at radius 1 is 1.13 bits per heavy atom. The number of ether oxygens (including phenoxy) is 2. The molecule has 0 unspecified atom stereocenters. The lowest BCUT2D eigenvalue weighted by molar-refractivity contribution is 0.0490. The second kappa shape index (κ2) is 13.0. The molecule has 0 aromatic heterocycles. The zero-order valence-corrected chi connectivity index (χ0v) is 22.0. The number of halogens is 1. The predicted octanol–water partition coefficient (Wildman–Crippen LogP) is 4.17. The van der Waals surface area contributed by atoms with Crippen molar-refractivity contribution in [3.63, 3.8) is 0 Å². The molecule has 176 valence electrons. The van der Waals surface area contributed by atoms with Gasteiger partial charge in [0.25, 0.3) is 0 Å². The van der Waals surface area contributed by atoms with E-state index in [1.54, 1.807) is 14.2 Å². The highest BCUT2D eigenvalue weighted by atomic mass is 127.